The van der Waals surface area contributed by atoms with E-state index in [1.165, 1.54) is 7.11 Å². The van der Waals surface area contributed by atoms with E-state index in [0.717, 1.165) is 34.6 Å². The van der Waals surface area contributed by atoms with E-state index in [1.54, 1.807) is 0 Å². The summed E-state index contributed by atoms with van der Waals surface area (Å²) in [7, 11) is -6.05. The smallest absolute Gasteiger partial charge is 0.308 e. The number of nitro groups is 1. The molecule has 0 spiro atoms. The molecule has 3 aromatic rings. The van der Waals surface area contributed by atoms with Gasteiger partial charge in [-0.05, 0) is 40.4 Å². The van der Waals surface area contributed by atoms with Gasteiger partial charge in [-0.1, -0.05) is 88.4 Å². The van der Waals surface area contributed by atoms with Crippen molar-refractivity contribution in [3.8, 4) is 0 Å². The molecule has 0 amide bonds. The summed E-state index contributed by atoms with van der Waals surface area (Å²) in [6.45, 7) is 8.33. The number of hydrogen-bond acceptors (Lipinski definition) is 8. The van der Waals surface area contributed by atoms with Gasteiger partial charge < -0.3 is 9.16 Å². The number of nitrogens with zero attached hydrogens (tertiary/aromatic N) is 1. The molecular formula is C31H37NO8SSi. The highest BCUT2D eigenvalue weighted by Gasteiger charge is 2.54. The van der Waals surface area contributed by atoms with Crippen LogP contribution in [0.15, 0.2) is 89.8 Å². The highest BCUT2D eigenvalue weighted by atomic mass is 32.2. The van der Waals surface area contributed by atoms with Crippen LogP contribution in [0.3, 0.4) is 0 Å². The number of carbonyl (C=O) groups is 1. The van der Waals surface area contributed by atoms with Crippen molar-refractivity contribution in [1.82, 2.24) is 0 Å². The maximum Gasteiger partial charge on any atom is 0.308 e. The molecule has 0 heterocycles. The molecule has 0 radical (unpaired) electrons. The summed E-state index contributed by atoms with van der Waals surface area (Å²) in [5, 5.41) is 12.8. The van der Waals surface area contributed by atoms with Crippen LogP contribution in [0.4, 0.5) is 5.69 Å². The van der Waals surface area contributed by atoms with Crippen molar-refractivity contribution in [1.29, 1.82) is 0 Å². The van der Waals surface area contributed by atoms with Gasteiger partial charge in [-0.15, -0.1) is 0 Å². The summed E-state index contributed by atoms with van der Waals surface area (Å²) in [6, 6.07) is 24.7. The first-order valence-corrected chi connectivity index (χ1v) is 17.2. The van der Waals surface area contributed by atoms with Crippen molar-refractivity contribution in [3.63, 3.8) is 0 Å². The second-order valence-corrected chi connectivity index (χ2v) is 17.5. The Kier molecular flexibility index (Phi) is 9.36. The molecule has 1 aliphatic carbocycles. The third-order valence-corrected chi connectivity index (χ3v) is 14.5. The van der Waals surface area contributed by atoms with Crippen LogP contribution in [0.5, 0.6) is 0 Å². The first-order valence-electron chi connectivity index (χ1n) is 13.8. The van der Waals surface area contributed by atoms with Crippen LogP contribution in [-0.2, 0) is 28.3 Å². The molecule has 1 aliphatic rings. The predicted octanol–water partition coefficient (Wildman–Crippen LogP) is 4.83. The summed E-state index contributed by atoms with van der Waals surface area (Å²) in [5.41, 5.74) is -0.232. The number of benzene rings is 3. The predicted molar refractivity (Wildman–Crippen MR) is 162 cm³/mol. The summed E-state index contributed by atoms with van der Waals surface area (Å²) < 4.78 is 44.8. The van der Waals surface area contributed by atoms with Gasteiger partial charge in [-0.3, -0.25) is 19.1 Å². The van der Waals surface area contributed by atoms with Crippen molar-refractivity contribution in [3.05, 3.63) is 95.0 Å². The van der Waals surface area contributed by atoms with Gasteiger partial charge in [0.1, 0.15) is 0 Å². The lowest BCUT2D eigenvalue weighted by Crippen LogP contribution is -2.68. The maximum atomic E-state index is 13.3. The van der Waals surface area contributed by atoms with Gasteiger partial charge >= 0.3 is 5.97 Å². The van der Waals surface area contributed by atoms with E-state index in [0.29, 0.717) is 6.42 Å². The van der Waals surface area contributed by atoms with E-state index >= 15 is 0 Å². The van der Waals surface area contributed by atoms with Gasteiger partial charge in [0.15, 0.2) is 0 Å². The molecule has 1 saturated carbocycles. The zero-order valence-electron chi connectivity index (χ0n) is 24.4. The number of rotatable bonds is 9. The second-order valence-electron chi connectivity index (χ2n) is 11.7. The average Bonchev–Trinajstić information content (AvgIpc) is 2.97. The van der Waals surface area contributed by atoms with Gasteiger partial charge in [0.05, 0.1) is 35.1 Å². The molecular weight excluding hydrogens is 574 g/mol. The number of carbonyl (C=O) groups excluding carboxylic acids is 1. The fourth-order valence-electron chi connectivity index (χ4n) is 5.84. The number of esters is 1. The van der Waals surface area contributed by atoms with E-state index in [1.807, 2.05) is 43.3 Å². The van der Waals surface area contributed by atoms with Gasteiger partial charge in [0.2, 0.25) is 0 Å². The molecule has 0 aliphatic heterocycles. The summed E-state index contributed by atoms with van der Waals surface area (Å²) in [4.78, 5) is 23.1. The van der Waals surface area contributed by atoms with Crippen LogP contribution in [0.2, 0.25) is 5.04 Å². The van der Waals surface area contributed by atoms with E-state index in [4.69, 9.17) is 13.3 Å². The van der Waals surface area contributed by atoms with Crippen molar-refractivity contribution >= 4 is 40.5 Å². The van der Waals surface area contributed by atoms with Gasteiger partial charge in [-0.25, -0.2) is 0 Å². The van der Waals surface area contributed by atoms with E-state index in [2.05, 4.69) is 45.0 Å². The van der Waals surface area contributed by atoms with E-state index in [-0.39, 0.29) is 22.0 Å². The normalized spacial score (nSPS) is 21.5. The zero-order chi connectivity index (χ0) is 30.7. The number of hydrogen-bond donors (Lipinski definition) is 0. The summed E-state index contributed by atoms with van der Waals surface area (Å²) >= 11 is 0. The van der Waals surface area contributed by atoms with Crippen LogP contribution in [0.1, 0.15) is 40.5 Å². The van der Waals surface area contributed by atoms with Crippen molar-refractivity contribution < 1.29 is 31.5 Å². The largest absolute Gasteiger partial charge is 0.469 e. The van der Waals surface area contributed by atoms with Crippen LogP contribution in [-0.4, -0.2) is 46.9 Å². The van der Waals surface area contributed by atoms with Gasteiger partial charge in [-0.2, -0.15) is 8.42 Å². The van der Waals surface area contributed by atoms with Crippen molar-refractivity contribution in [2.75, 3.05) is 7.11 Å². The quantitative estimate of drug-likeness (QED) is 0.111. The van der Waals surface area contributed by atoms with E-state index in [9.17, 15) is 23.3 Å². The molecule has 0 bridgehead atoms. The molecule has 0 unspecified atom stereocenters. The number of non-ortho nitro benzene ring substituents is 1. The molecule has 11 heteroatoms. The fraction of sp³-hybridized carbons (Fsp3) is 0.387. The number of nitro benzene ring substituents is 1. The first kappa shape index (κ1) is 31.6. The fourth-order valence-corrected chi connectivity index (χ4v) is 11.8. The Morgan fingerprint density at radius 3 is 1.83 bits per heavy atom. The number of methoxy groups -OCH3 is 1. The van der Waals surface area contributed by atoms with Gasteiger partial charge in [0, 0.05) is 18.1 Å². The first-order chi connectivity index (χ1) is 19.8. The second kappa shape index (κ2) is 12.5. The molecule has 3 aromatic carbocycles. The highest BCUT2D eigenvalue weighted by molar-refractivity contribution is 7.86. The minimum Gasteiger partial charge on any atom is -0.469 e. The summed E-state index contributed by atoms with van der Waals surface area (Å²) in [5.74, 6) is -1.52. The van der Waals surface area contributed by atoms with Crippen molar-refractivity contribution in [2.45, 2.75) is 62.7 Å². The lowest BCUT2D eigenvalue weighted by Gasteiger charge is -2.48. The Morgan fingerprint density at radius 1 is 0.881 bits per heavy atom. The highest BCUT2D eigenvalue weighted by Crippen LogP contribution is 2.42. The molecule has 9 nitrogen and oxygen atoms in total. The van der Waals surface area contributed by atoms with Crippen LogP contribution < -0.4 is 10.4 Å². The monoisotopic (exact) mass is 611 g/mol. The van der Waals surface area contributed by atoms with Crippen LogP contribution in [0, 0.1) is 22.0 Å². The SMILES string of the molecule is COC(=O)[C@@H]1C[C@H](O[Si](c2ccccc2)(c2ccccc2)C(C)(C)C)[C@H](C)[C@H](OS(=O)(=O)c2ccc([N+](=O)[O-])cc2)C1. The standard InChI is InChI=1S/C31H37NO8SSi/c1-22-28(39-41(36,37)25-18-16-24(17-19-25)32(34)35)20-23(30(33)38-5)21-29(22)40-42(31(2,3)4,26-12-8-6-9-13-26)27-14-10-7-11-15-27/h6-19,22-23,28-29H,20-21H2,1-5H3/t22-,23+,28-,29+/m1/s1. The average molecular weight is 612 g/mol. The minimum atomic E-state index is -4.31. The van der Waals surface area contributed by atoms with Crippen LogP contribution >= 0.6 is 0 Å². The Bertz CT molecular complexity index is 1450. The maximum absolute atomic E-state index is 13.3. The molecule has 0 N–H and O–H groups in total. The van der Waals surface area contributed by atoms with E-state index < -0.39 is 53.4 Å². The molecule has 42 heavy (non-hydrogen) atoms. The molecule has 1 fully saturated rings. The third kappa shape index (κ3) is 6.34. The molecule has 4 atom stereocenters. The lowest BCUT2D eigenvalue weighted by molar-refractivity contribution is -0.384. The Balaban J connectivity index is 1.76. The Labute approximate surface area is 248 Å². The zero-order valence-corrected chi connectivity index (χ0v) is 26.2. The Hall–Kier alpha value is -3.38. The minimum absolute atomic E-state index is 0.126. The van der Waals surface area contributed by atoms with Crippen LogP contribution in [0.25, 0.3) is 0 Å². The molecule has 4 rings (SSSR count). The molecule has 224 valence electrons. The van der Waals surface area contributed by atoms with Crippen molar-refractivity contribution in [2.24, 2.45) is 11.8 Å². The molecule has 0 saturated heterocycles. The number of ether oxygens (including phenoxy) is 1. The lowest BCUT2D eigenvalue weighted by atomic mass is 9.79. The Morgan fingerprint density at radius 2 is 1.38 bits per heavy atom. The van der Waals surface area contributed by atoms with Gasteiger partial charge in [0.25, 0.3) is 24.1 Å². The molecule has 0 aromatic heterocycles. The summed E-state index contributed by atoms with van der Waals surface area (Å²) in [6.07, 6.45) is -0.964. The third-order valence-electron chi connectivity index (χ3n) is 8.07. The topological polar surface area (TPSA) is 122 Å².